The van der Waals surface area contributed by atoms with E-state index in [4.69, 9.17) is 0 Å². The first-order chi connectivity index (χ1) is 11.5. The second-order valence-corrected chi connectivity index (χ2v) is 8.03. The van der Waals surface area contributed by atoms with E-state index < -0.39 is 43.8 Å². The van der Waals surface area contributed by atoms with Crippen LogP contribution in [-0.2, 0) is 16.9 Å². The van der Waals surface area contributed by atoms with E-state index >= 15 is 0 Å². The van der Waals surface area contributed by atoms with Gasteiger partial charge >= 0.3 is 0 Å². The quantitative estimate of drug-likeness (QED) is 0.874. The third-order valence-electron chi connectivity index (χ3n) is 3.37. The van der Waals surface area contributed by atoms with E-state index in [1.807, 2.05) is 0 Å². The number of aromatic nitrogens is 1. The van der Waals surface area contributed by atoms with Crippen molar-refractivity contribution in [2.24, 2.45) is 13.0 Å². The third-order valence-corrected chi connectivity index (χ3v) is 5.43. The van der Waals surface area contributed by atoms with Gasteiger partial charge in [0, 0.05) is 25.0 Å². The predicted molar refractivity (Wildman–Crippen MR) is 86.6 cm³/mol. The number of carbonyl (C=O) groups is 1. The first-order valence-corrected chi connectivity index (χ1v) is 9.02. The number of nitrogens with one attached hydrogen (secondary N) is 1. The summed E-state index contributed by atoms with van der Waals surface area (Å²) in [6, 6.07) is 2.66. The molecule has 1 aromatic carbocycles. The van der Waals surface area contributed by atoms with Crippen molar-refractivity contribution in [3.8, 4) is 0 Å². The summed E-state index contributed by atoms with van der Waals surface area (Å²) in [5.41, 5.74) is -0.608. The van der Waals surface area contributed by atoms with Crippen molar-refractivity contribution in [2.45, 2.75) is 18.7 Å². The Labute approximate surface area is 143 Å². The number of hydrogen-bond donors (Lipinski definition) is 1. The number of sulfone groups is 1. The number of anilines is 1. The normalized spacial score (nSPS) is 11.8. The van der Waals surface area contributed by atoms with Crippen LogP contribution in [0.5, 0.6) is 0 Å². The molecule has 136 valence electrons. The number of halogens is 3. The molecule has 25 heavy (non-hydrogen) atoms. The lowest BCUT2D eigenvalue weighted by molar-refractivity contribution is 0.101. The van der Waals surface area contributed by atoms with Gasteiger partial charge in [0.15, 0.2) is 27.3 Å². The molecule has 0 aliphatic rings. The summed E-state index contributed by atoms with van der Waals surface area (Å²) in [6.07, 6.45) is 1.02. The number of hydrogen-bond acceptors (Lipinski definition) is 3. The highest BCUT2D eigenvalue weighted by Crippen LogP contribution is 2.24. The number of aryl methyl sites for hydroxylation is 1. The molecular formula is C16H17F3N2O3S. The molecule has 2 rings (SSSR count). The van der Waals surface area contributed by atoms with Crippen LogP contribution in [0.3, 0.4) is 0 Å². The lowest BCUT2D eigenvalue weighted by atomic mass is 10.3. The van der Waals surface area contributed by atoms with E-state index in [2.05, 4.69) is 5.32 Å². The average Bonchev–Trinajstić information content (AvgIpc) is 2.77. The molecule has 1 heterocycles. The van der Waals surface area contributed by atoms with Crippen molar-refractivity contribution in [3.05, 3.63) is 47.5 Å². The third kappa shape index (κ3) is 4.04. The standard InChI is InChI=1S/C16H17F3N2O3S/c1-9(2)8-25(23,24)13-7-21(3)15(14(13)19)16(22)20-10-4-5-11(17)12(18)6-10/h4-7,9H,8H2,1-3H3,(H,20,22). The maximum atomic E-state index is 14.5. The van der Waals surface area contributed by atoms with Gasteiger partial charge in [-0.05, 0) is 18.1 Å². The van der Waals surface area contributed by atoms with Crippen molar-refractivity contribution in [2.75, 3.05) is 11.1 Å². The first-order valence-electron chi connectivity index (χ1n) is 7.37. The van der Waals surface area contributed by atoms with Gasteiger partial charge < -0.3 is 9.88 Å². The molecule has 1 amide bonds. The summed E-state index contributed by atoms with van der Waals surface area (Å²) in [5, 5.41) is 2.21. The summed E-state index contributed by atoms with van der Waals surface area (Å²) in [5.74, 6) is -4.90. The van der Waals surface area contributed by atoms with Crippen molar-refractivity contribution < 1.29 is 26.4 Å². The number of benzene rings is 1. The highest BCUT2D eigenvalue weighted by molar-refractivity contribution is 7.91. The van der Waals surface area contributed by atoms with Crippen LogP contribution in [0, 0.1) is 23.4 Å². The van der Waals surface area contributed by atoms with Crippen molar-refractivity contribution >= 4 is 21.4 Å². The minimum absolute atomic E-state index is 0.0870. The van der Waals surface area contributed by atoms with Gasteiger partial charge in [0.25, 0.3) is 5.91 Å². The van der Waals surface area contributed by atoms with Crippen LogP contribution < -0.4 is 5.32 Å². The van der Waals surface area contributed by atoms with Gasteiger partial charge in [0.2, 0.25) is 0 Å². The Hall–Kier alpha value is -2.29. The molecular weight excluding hydrogens is 357 g/mol. The number of rotatable bonds is 5. The zero-order chi connectivity index (χ0) is 18.9. The lowest BCUT2D eigenvalue weighted by Gasteiger charge is -2.07. The van der Waals surface area contributed by atoms with Gasteiger partial charge in [-0.25, -0.2) is 21.6 Å². The molecule has 1 N–H and O–H groups in total. The minimum atomic E-state index is -3.90. The Morgan fingerprint density at radius 3 is 2.40 bits per heavy atom. The summed E-state index contributed by atoms with van der Waals surface area (Å²) < 4.78 is 66.1. The monoisotopic (exact) mass is 374 g/mol. The molecule has 9 heteroatoms. The van der Waals surface area contributed by atoms with Crippen LogP contribution in [0.4, 0.5) is 18.9 Å². The molecule has 1 aromatic heterocycles. The van der Waals surface area contributed by atoms with E-state index in [9.17, 15) is 26.4 Å². The van der Waals surface area contributed by atoms with Crippen molar-refractivity contribution in [1.29, 1.82) is 0 Å². The smallest absolute Gasteiger partial charge is 0.275 e. The van der Waals surface area contributed by atoms with Gasteiger partial charge in [-0.1, -0.05) is 13.8 Å². The first kappa shape index (κ1) is 19.0. The predicted octanol–water partition coefficient (Wildman–Crippen LogP) is 3.12. The van der Waals surface area contributed by atoms with Crippen LogP contribution >= 0.6 is 0 Å². The molecule has 0 saturated carbocycles. The van der Waals surface area contributed by atoms with Crippen LogP contribution in [0.25, 0.3) is 0 Å². The summed E-state index contributed by atoms with van der Waals surface area (Å²) >= 11 is 0. The van der Waals surface area contributed by atoms with Crippen molar-refractivity contribution in [1.82, 2.24) is 4.57 Å². The van der Waals surface area contributed by atoms with Crippen LogP contribution in [0.1, 0.15) is 24.3 Å². The summed E-state index contributed by atoms with van der Waals surface area (Å²) in [7, 11) is -2.58. The Bertz CT molecular complexity index is 921. The van der Waals surface area contributed by atoms with Gasteiger partial charge in [-0.3, -0.25) is 4.79 Å². The van der Waals surface area contributed by atoms with E-state index in [1.165, 1.54) is 7.05 Å². The lowest BCUT2D eigenvalue weighted by Crippen LogP contribution is -2.17. The van der Waals surface area contributed by atoms with Crippen LogP contribution in [-0.4, -0.2) is 24.6 Å². The van der Waals surface area contributed by atoms with Crippen LogP contribution in [0.15, 0.2) is 29.3 Å². The fourth-order valence-corrected chi connectivity index (χ4v) is 4.08. The summed E-state index contributed by atoms with van der Waals surface area (Å²) in [6.45, 7) is 3.35. The van der Waals surface area contributed by atoms with E-state index in [1.54, 1.807) is 13.8 Å². The number of amides is 1. The Morgan fingerprint density at radius 2 is 1.84 bits per heavy atom. The SMILES string of the molecule is CC(C)CS(=O)(=O)c1cn(C)c(C(=O)Nc2ccc(F)c(F)c2)c1F. The second kappa shape index (κ2) is 6.91. The molecule has 0 saturated heterocycles. The van der Waals surface area contributed by atoms with Crippen molar-refractivity contribution in [3.63, 3.8) is 0 Å². The highest BCUT2D eigenvalue weighted by atomic mass is 32.2. The molecule has 5 nitrogen and oxygen atoms in total. The van der Waals surface area contributed by atoms with E-state index in [0.717, 1.165) is 29.0 Å². The van der Waals surface area contributed by atoms with E-state index in [-0.39, 0.29) is 17.4 Å². The van der Waals surface area contributed by atoms with Crippen LogP contribution in [0.2, 0.25) is 0 Å². The zero-order valence-electron chi connectivity index (χ0n) is 13.8. The van der Waals surface area contributed by atoms with E-state index in [0.29, 0.717) is 0 Å². The molecule has 0 bridgehead atoms. The fourth-order valence-electron chi connectivity index (χ4n) is 2.34. The molecule has 0 radical (unpaired) electrons. The highest BCUT2D eigenvalue weighted by Gasteiger charge is 2.29. The Morgan fingerprint density at radius 1 is 1.20 bits per heavy atom. The zero-order valence-corrected chi connectivity index (χ0v) is 14.6. The Kier molecular flexibility index (Phi) is 5.26. The molecule has 0 aliphatic heterocycles. The average molecular weight is 374 g/mol. The van der Waals surface area contributed by atoms with Gasteiger partial charge in [0.1, 0.15) is 10.6 Å². The van der Waals surface area contributed by atoms with Gasteiger partial charge in [-0.2, -0.15) is 0 Å². The number of carbonyl (C=O) groups excluding carboxylic acids is 1. The van der Waals surface area contributed by atoms with Gasteiger partial charge in [-0.15, -0.1) is 0 Å². The molecule has 0 fully saturated rings. The topological polar surface area (TPSA) is 68.2 Å². The summed E-state index contributed by atoms with van der Waals surface area (Å²) in [4.78, 5) is 11.7. The molecule has 0 atom stereocenters. The molecule has 0 spiro atoms. The molecule has 0 unspecified atom stereocenters. The maximum absolute atomic E-state index is 14.5. The molecule has 2 aromatic rings. The number of nitrogens with zero attached hydrogens (tertiary/aromatic N) is 1. The van der Waals surface area contributed by atoms with Gasteiger partial charge in [0.05, 0.1) is 5.75 Å². The fraction of sp³-hybridized carbons (Fsp3) is 0.312. The Balaban J connectivity index is 2.36. The molecule has 0 aliphatic carbocycles. The maximum Gasteiger partial charge on any atom is 0.275 e. The second-order valence-electron chi connectivity index (χ2n) is 6.03. The minimum Gasteiger partial charge on any atom is -0.343 e. The largest absolute Gasteiger partial charge is 0.343 e.